The summed E-state index contributed by atoms with van der Waals surface area (Å²) in [5.74, 6) is 0. The Morgan fingerprint density at radius 3 is 1.00 bits per heavy atom. The van der Waals surface area contributed by atoms with Crippen molar-refractivity contribution in [3.8, 4) is 12.1 Å². The van der Waals surface area contributed by atoms with E-state index in [9.17, 15) is 28.7 Å². The number of rotatable bonds is 2. The maximum absolute atomic E-state index is 9.48. The minimum atomic E-state index is -4.53. The first-order valence-electron chi connectivity index (χ1n) is 2.88. The van der Waals surface area contributed by atoms with Crippen molar-refractivity contribution in [2.75, 3.05) is 12.3 Å². The van der Waals surface area contributed by atoms with Crippen LogP contribution in [0.15, 0.2) is 0 Å². The number of nitriles is 2. The summed E-state index contributed by atoms with van der Waals surface area (Å²) in [7, 11) is -9.05. The maximum Gasteiger partial charge on any atom is 2.00 e. The number of hydrogen-bond acceptors (Lipinski definition) is 8. The van der Waals surface area contributed by atoms with Crippen LogP contribution in [0.3, 0.4) is 0 Å². The number of nitrogens with zero attached hydrogens (tertiary/aromatic N) is 2. The minimum Gasteiger partial charge on any atom is -0.810 e. The Kier molecular flexibility index (Phi) is 20.1. The summed E-state index contributed by atoms with van der Waals surface area (Å²) in [5.41, 5.74) is 0. The molecule has 0 radical (unpaired) electrons. The zero-order chi connectivity index (χ0) is 11.8. The third-order valence-corrected chi connectivity index (χ3v) is 1.59. The molecule has 0 unspecified atom stereocenters. The molecular formula is C4H4N2O6P2Zr2. The Balaban J connectivity index is -0.0000000800. The molecule has 0 saturated heterocycles. The van der Waals surface area contributed by atoms with Gasteiger partial charge in [0.05, 0.1) is 24.5 Å². The Bertz CT molecular complexity index is 303. The predicted octanol–water partition coefficient (Wildman–Crippen LogP) is -3.16. The van der Waals surface area contributed by atoms with Crippen LogP contribution in [0.25, 0.3) is 0 Å². The molecule has 0 aliphatic rings. The number of hydrogen-bond donors (Lipinski definition) is 0. The predicted molar refractivity (Wildman–Crippen MR) is 36.2 cm³/mol. The molecular weight excluding hydrogens is 416 g/mol. The first-order chi connectivity index (χ1) is 6.12. The van der Waals surface area contributed by atoms with Crippen molar-refractivity contribution >= 4 is 15.2 Å². The van der Waals surface area contributed by atoms with Crippen LogP contribution in [0.2, 0.25) is 0 Å². The molecule has 0 aliphatic heterocycles. The second-order valence-electron chi connectivity index (χ2n) is 1.85. The first-order valence-corrected chi connectivity index (χ1v) is 6.34. The average Bonchev–Trinajstić information content (AvgIpc) is 1.81. The van der Waals surface area contributed by atoms with E-state index in [1.54, 1.807) is 0 Å². The standard InChI is InChI=1S/2C2H4NO3P.2Zr/c2*3-1-2-7(4,5)6;;/h2*2H2,(H2,4,5,6);;/q;;2*+2/p-4. The SMILES string of the molecule is N#CCP(=O)([O-])[O-].N#CCP(=O)([O-])[O-].[Zr+2].[Zr+2]. The smallest absolute Gasteiger partial charge is 0.810 e. The summed E-state index contributed by atoms with van der Waals surface area (Å²) in [5, 5.41) is 15.2. The molecule has 0 N–H and O–H groups in total. The van der Waals surface area contributed by atoms with Gasteiger partial charge in [0, 0.05) is 0 Å². The molecule has 16 heavy (non-hydrogen) atoms. The van der Waals surface area contributed by atoms with Crippen LogP contribution in [-0.2, 0) is 61.5 Å². The van der Waals surface area contributed by atoms with Crippen molar-refractivity contribution in [3.05, 3.63) is 0 Å². The second-order valence-corrected chi connectivity index (χ2v) is 4.93. The van der Waals surface area contributed by atoms with Gasteiger partial charge in [-0.15, -0.1) is 0 Å². The molecule has 0 atom stereocenters. The zero-order valence-corrected chi connectivity index (χ0v) is 14.4. The van der Waals surface area contributed by atoms with Gasteiger partial charge in [-0.3, -0.25) is 0 Å². The van der Waals surface area contributed by atoms with Crippen molar-refractivity contribution in [1.82, 2.24) is 0 Å². The van der Waals surface area contributed by atoms with E-state index in [0.717, 1.165) is 0 Å². The van der Waals surface area contributed by atoms with E-state index in [1.165, 1.54) is 12.1 Å². The van der Waals surface area contributed by atoms with Gasteiger partial charge in [-0.2, -0.15) is 10.5 Å². The summed E-state index contributed by atoms with van der Waals surface area (Å²) < 4.78 is 19.0. The molecule has 0 aromatic rings. The van der Waals surface area contributed by atoms with Crippen LogP contribution in [0, 0.1) is 22.7 Å². The van der Waals surface area contributed by atoms with Gasteiger partial charge in [-0.25, -0.2) is 0 Å². The molecule has 0 saturated carbocycles. The van der Waals surface area contributed by atoms with Crippen molar-refractivity contribution in [3.63, 3.8) is 0 Å². The van der Waals surface area contributed by atoms with Crippen molar-refractivity contribution in [1.29, 1.82) is 10.5 Å². The minimum absolute atomic E-state index is 0. The molecule has 8 nitrogen and oxygen atoms in total. The molecule has 0 amide bonds. The fourth-order valence-electron chi connectivity index (χ4n) is 0.173. The second kappa shape index (κ2) is 12.5. The topological polar surface area (TPSA) is 174 Å². The Morgan fingerprint density at radius 1 is 0.812 bits per heavy atom. The van der Waals surface area contributed by atoms with Crippen molar-refractivity contribution < 1.29 is 81.1 Å². The van der Waals surface area contributed by atoms with Gasteiger partial charge in [0.1, 0.15) is 0 Å². The van der Waals surface area contributed by atoms with Crippen LogP contribution in [0.4, 0.5) is 0 Å². The Labute approximate surface area is 130 Å². The largest absolute Gasteiger partial charge is 2.00 e. The molecule has 0 spiro atoms. The summed E-state index contributed by atoms with van der Waals surface area (Å²) in [6, 6.07) is 2.44. The van der Waals surface area contributed by atoms with Crippen LogP contribution < -0.4 is 19.6 Å². The summed E-state index contributed by atoms with van der Waals surface area (Å²) in [4.78, 5) is 37.9. The third-order valence-electron chi connectivity index (χ3n) is 0.529. The van der Waals surface area contributed by atoms with Gasteiger partial charge in [0.2, 0.25) is 0 Å². The molecule has 0 fully saturated rings. The van der Waals surface area contributed by atoms with Crippen molar-refractivity contribution in [2.24, 2.45) is 0 Å². The molecule has 12 heteroatoms. The summed E-state index contributed by atoms with van der Waals surface area (Å²) in [6.45, 7) is 0. The molecule has 0 aromatic carbocycles. The quantitative estimate of drug-likeness (QED) is 0.421. The molecule has 0 heterocycles. The first kappa shape index (κ1) is 25.8. The fourth-order valence-corrected chi connectivity index (χ4v) is 0.520. The van der Waals surface area contributed by atoms with Crippen LogP contribution in [0.5, 0.6) is 0 Å². The molecule has 0 aliphatic carbocycles. The van der Waals surface area contributed by atoms with E-state index in [1.807, 2.05) is 0 Å². The van der Waals surface area contributed by atoms with Gasteiger partial charge >= 0.3 is 52.4 Å². The third kappa shape index (κ3) is 36.3. The van der Waals surface area contributed by atoms with E-state index in [-0.39, 0.29) is 52.4 Å². The van der Waals surface area contributed by atoms with Gasteiger partial charge in [-0.05, 0) is 0 Å². The van der Waals surface area contributed by atoms with E-state index < -0.39 is 27.5 Å². The normalized spacial score (nSPS) is 9.12. The van der Waals surface area contributed by atoms with Crippen LogP contribution >= 0.6 is 15.2 Å². The molecule has 0 aromatic heterocycles. The Morgan fingerprint density at radius 2 is 1.00 bits per heavy atom. The van der Waals surface area contributed by atoms with Crippen molar-refractivity contribution in [2.45, 2.75) is 0 Å². The summed E-state index contributed by atoms with van der Waals surface area (Å²) in [6.07, 6.45) is -1.82. The zero-order valence-electron chi connectivity index (χ0n) is 7.65. The van der Waals surface area contributed by atoms with Crippen LogP contribution in [-0.4, -0.2) is 12.3 Å². The van der Waals surface area contributed by atoms with E-state index in [4.69, 9.17) is 10.5 Å². The van der Waals surface area contributed by atoms with Gasteiger partial charge in [0.15, 0.2) is 0 Å². The molecule has 84 valence electrons. The van der Waals surface area contributed by atoms with Crippen LogP contribution in [0.1, 0.15) is 0 Å². The van der Waals surface area contributed by atoms with E-state index in [0.29, 0.717) is 0 Å². The van der Waals surface area contributed by atoms with E-state index in [2.05, 4.69) is 0 Å². The Hall–Kier alpha value is 1.05. The molecule has 0 bridgehead atoms. The van der Waals surface area contributed by atoms with Gasteiger partial charge in [0.25, 0.3) is 0 Å². The fraction of sp³-hybridized carbons (Fsp3) is 0.500. The average molecular weight is 420 g/mol. The molecule has 0 rings (SSSR count). The van der Waals surface area contributed by atoms with Gasteiger partial charge in [-0.1, -0.05) is 15.2 Å². The maximum atomic E-state index is 9.48. The van der Waals surface area contributed by atoms with Gasteiger partial charge < -0.3 is 28.7 Å². The summed E-state index contributed by atoms with van der Waals surface area (Å²) >= 11 is 0. The monoisotopic (exact) mass is 418 g/mol. The van der Waals surface area contributed by atoms with E-state index >= 15 is 0 Å².